The smallest absolute Gasteiger partial charge is 0.238 e. The summed E-state index contributed by atoms with van der Waals surface area (Å²) in [5, 5.41) is 6.26. The summed E-state index contributed by atoms with van der Waals surface area (Å²) in [5.74, 6) is 3.23. The topological polar surface area (TPSA) is 41.1 Å². The molecule has 2 rings (SSSR count). The Morgan fingerprint density at radius 3 is 3.13 bits per heavy atom. The van der Waals surface area contributed by atoms with Crippen LogP contribution in [0, 0.1) is 0 Å². The van der Waals surface area contributed by atoms with E-state index in [2.05, 4.69) is 17.6 Å². The van der Waals surface area contributed by atoms with Crippen molar-refractivity contribution in [2.45, 2.75) is 30.6 Å². The number of hydrogen-bond acceptors (Lipinski definition) is 4. The van der Waals surface area contributed by atoms with Gasteiger partial charge >= 0.3 is 0 Å². The van der Waals surface area contributed by atoms with Crippen molar-refractivity contribution in [1.29, 1.82) is 0 Å². The monoisotopic (exact) mass is 246 g/mol. The fourth-order valence-electron chi connectivity index (χ4n) is 1.94. The molecule has 2 atom stereocenters. The molecule has 2 aliphatic heterocycles. The molecule has 2 unspecified atom stereocenters. The molecule has 86 valence electrons. The van der Waals surface area contributed by atoms with E-state index in [1.807, 2.05) is 11.8 Å². The lowest BCUT2D eigenvalue weighted by Gasteiger charge is -2.23. The van der Waals surface area contributed by atoms with Crippen molar-refractivity contribution < 1.29 is 4.79 Å². The molecule has 2 heterocycles. The molecule has 2 saturated heterocycles. The largest absolute Gasteiger partial charge is 0.353 e. The van der Waals surface area contributed by atoms with Crippen LogP contribution in [0.25, 0.3) is 0 Å². The van der Waals surface area contributed by atoms with Gasteiger partial charge in [-0.3, -0.25) is 10.1 Å². The fourth-order valence-corrected chi connectivity index (χ4v) is 4.12. The predicted octanol–water partition coefficient (Wildman–Crippen LogP) is 1.05. The van der Waals surface area contributed by atoms with E-state index in [1.165, 1.54) is 18.6 Å². The molecule has 0 saturated carbocycles. The van der Waals surface area contributed by atoms with Crippen LogP contribution in [0.1, 0.15) is 19.8 Å². The standard InChI is InChI=1S/C10H18N2OS2/c1-10(3-2-4-15-10)6-11-9(13)8-5-14-7-12-8/h8,12H,2-7H2,1H3,(H,11,13). The van der Waals surface area contributed by atoms with Crippen molar-refractivity contribution >= 4 is 29.4 Å². The molecule has 3 nitrogen and oxygen atoms in total. The van der Waals surface area contributed by atoms with Crippen LogP contribution in [-0.2, 0) is 4.79 Å². The summed E-state index contributed by atoms with van der Waals surface area (Å²) in [7, 11) is 0. The second kappa shape index (κ2) is 4.97. The van der Waals surface area contributed by atoms with Gasteiger partial charge in [0.2, 0.25) is 5.91 Å². The highest BCUT2D eigenvalue weighted by molar-refractivity contribution is 8.00. The van der Waals surface area contributed by atoms with E-state index in [-0.39, 0.29) is 16.7 Å². The van der Waals surface area contributed by atoms with Crippen LogP contribution in [0.4, 0.5) is 0 Å². The van der Waals surface area contributed by atoms with Gasteiger partial charge in [0.25, 0.3) is 0 Å². The lowest BCUT2D eigenvalue weighted by Crippen LogP contribution is -2.46. The zero-order chi connectivity index (χ0) is 10.7. The summed E-state index contributed by atoms with van der Waals surface area (Å²) in [6, 6.07) is 0.0324. The normalized spacial score (nSPS) is 35.7. The van der Waals surface area contributed by atoms with Crippen molar-refractivity contribution in [3.63, 3.8) is 0 Å². The van der Waals surface area contributed by atoms with Gasteiger partial charge in [0, 0.05) is 22.9 Å². The fraction of sp³-hybridized carbons (Fsp3) is 0.900. The van der Waals surface area contributed by atoms with E-state index in [1.54, 1.807) is 11.8 Å². The molecule has 2 aliphatic rings. The molecule has 0 aromatic heterocycles. The minimum atomic E-state index is 0.0324. The molecule has 5 heteroatoms. The highest BCUT2D eigenvalue weighted by atomic mass is 32.2. The Hall–Kier alpha value is 0.130. The molecular formula is C10H18N2OS2. The zero-order valence-electron chi connectivity index (χ0n) is 9.04. The van der Waals surface area contributed by atoms with E-state index < -0.39 is 0 Å². The first-order valence-corrected chi connectivity index (χ1v) is 7.56. The van der Waals surface area contributed by atoms with Gasteiger partial charge < -0.3 is 5.32 Å². The average Bonchev–Trinajstić information content (AvgIpc) is 2.85. The number of thioether (sulfide) groups is 2. The summed E-state index contributed by atoms with van der Waals surface area (Å²) in [4.78, 5) is 11.7. The van der Waals surface area contributed by atoms with Crippen LogP contribution in [0.3, 0.4) is 0 Å². The summed E-state index contributed by atoms with van der Waals surface area (Å²) in [6.45, 7) is 3.07. The minimum absolute atomic E-state index is 0.0324. The van der Waals surface area contributed by atoms with Crippen LogP contribution < -0.4 is 10.6 Å². The highest BCUT2D eigenvalue weighted by Crippen LogP contribution is 2.36. The summed E-state index contributed by atoms with van der Waals surface area (Å²) >= 11 is 3.78. The van der Waals surface area contributed by atoms with Gasteiger partial charge in [0.05, 0.1) is 6.04 Å². The summed E-state index contributed by atoms with van der Waals surface area (Å²) < 4.78 is 0.279. The van der Waals surface area contributed by atoms with Crippen LogP contribution in [-0.4, -0.2) is 40.6 Å². The minimum Gasteiger partial charge on any atom is -0.353 e. The van der Waals surface area contributed by atoms with Crippen LogP contribution in [0.2, 0.25) is 0 Å². The summed E-state index contributed by atoms with van der Waals surface area (Å²) in [6.07, 6.45) is 2.51. The molecule has 0 aliphatic carbocycles. The zero-order valence-corrected chi connectivity index (χ0v) is 10.7. The van der Waals surface area contributed by atoms with Crippen molar-refractivity contribution in [2.24, 2.45) is 0 Å². The number of nitrogens with one attached hydrogen (secondary N) is 2. The Labute approximate surface area is 99.5 Å². The number of amides is 1. The maximum Gasteiger partial charge on any atom is 0.238 e. The van der Waals surface area contributed by atoms with Gasteiger partial charge in [-0.25, -0.2) is 0 Å². The van der Waals surface area contributed by atoms with Crippen molar-refractivity contribution in [3.8, 4) is 0 Å². The van der Waals surface area contributed by atoms with Gasteiger partial charge in [-0.15, -0.1) is 11.8 Å². The van der Waals surface area contributed by atoms with E-state index in [0.29, 0.717) is 0 Å². The third-order valence-electron chi connectivity index (χ3n) is 2.97. The molecule has 2 N–H and O–H groups in total. The van der Waals surface area contributed by atoms with Gasteiger partial charge in [-0.1, -0.05) is 0 Å². The molecule has 0 aromatic carbocycles. The molecule has 0 aromatic rings. The second-order valence-electron chi connectivity index (χ2n) is 4.39. The highest BCUT2D eigenvalue weighted by Gasteiger charge is 2.31. The molecule has 2 fully saturated rings. The van der Waals surface area contributed by atoms with E-state index in [0.717, 1.165) is 18.2 Å². The Kier molecular flexibility index (Phi) is 3.85. The predicted molar refractivity (Wildman–Crippen MR) is 67.4 cm³/mol. The first kappa shape index (κ1) is 11.6. The molecular weight excluding hydrogens is 228 g/mol. The Morgan fingerprint density at radius 2 is 2.53 bits per heavy atom. The SMILES string of the molecule is CC1(CNC(=O)C2CSCN2)CCCS1. The lowest BCUT2D eigenvalue weighted by atomic mass is 10.1. The van der Waals surface area contributed by atoms with Gasteiger partial charge in [-0.2, -0.15) is 11.8 Å². The van der Waals surface area contributed by atoms with Crippen molar-refractivity contribution in [1.82, 2.24) is 10.6 Å². The molecule has 1 amide bonds. The number of carbonyl (C=O) groups excluding carboxylic acids is 1. The maximum absolute atomic E-state index is 11.7. The number of carbonyl (C=O) groups is 1. The lowest BCUT2D eigenvalue weighted by molar-refractivity contribution is -0.122. The third kappa shape index (κ3) is 3.04. The van der Waals surface area contributed by atoms with Crippen molar-refractivity contribution in [3.05, 3.63) is 0 Å². The van der Waals surface area contributed by atoms with Crippen LogP contribution in [0.5, 0.6) is 0 Å². The first-order valence-electron chi connectivity index (χ1n) is 5.42. The number of hydrogen-bond donors (Lipinski definition) is 2. The van der Waals surface area contributed by atoms with Crippen LogP contribution >= 0.6 is 23.5 Å². The Morgan fingerprint density at radius 1 is 1.67 bits per heavy atom. The van der Waals surface area contributed by atoms with Crippen LogP contribution in [0.15, 0.2) is 0 Å². The maximum atomic E-state index is 11.7. The van der Waals surface area contributed by atoms with Crippen molar-refractivity contribution in [2.75, 3.05) is 23.9 Å². The summed E-state index contributed by atoms with van der Waals surface area (Å²) in [5.41, 5.74) is 0. The van der Waals surface area contributed by atoms with E-state index >= 15 is 0 Å². The number of rotatable bonds is 3. The average molecular weight is 246 g/mol. The van der Waals surface area contributed by atoms with E-state index in [9.17, 15) is 4.79 Å². The van der Waals surface area contributed by atoms with E-state index in [4.69, 9.17) is 0 Å². The molecule has 15 heavy (non-hydrogen) atoms. The third-order valence-corrected chi connectivity index (χ3v) is 5.45. The Balaban J connectivity index is 1.74. The quantitative estimate of drug-likeness (QED) is 0.781. The van der Waals surface area contributed by atoms with Gasteiger partial charge in [0.15, 0.2) is 0 Å². The molecule has 0 radical (unpaired) electrons. The first-order chi connectivity index (χ1) is 7.20. The Bertz CT molecular complexity index is 236. The molecule has 0 spiro atoms. The van der Waals surface area contributed by atoms with Gasteiger partial charge in [0.1, 0.15) is 0 Å². The van der Waals surface area contributed by atoms with Gasteiger partial charge in [-0.05, 0) is 25.5 Å². The molecule has 0 bridgehead atoms. The second-order valence-corrected chi connectivity index (χ2v) is 7.10.